The van der Waals surface area contributed by atoms with Crippen LogP contribution in [-0.4, -0.2) is 25.2 Å². The van der Waals surface area contributed by atoms with Crippen LogP contribution in [0.4, 0.5) is 0 Å². The number of hydrogen-bond donors (Lipinski definition) is 0. The fourth-order valence-electron chi connectivity index (χ4n) is 6.60. The topological polar surface area (TPSA) is 72.5 Å². The minimum Gasteiger partial charge on any atom is -0.488 e. The molecular formula is C47H44O7. The van der Waals surface area contributed by atoms with Gasteiger partial charge >= 0.3 is 0 Å². The standard InChI is InChI=1S/C47H44O7/c1-2-40-41(27-44-53-46(51-32-36-20-11-5-12-21-36)47(54-44)52-33-37-22-13-6-14-23-37)45(39-25-15-24-38(26-39)29-48)43(50-31-35-18-9-4-10-19-35)28-42(40)49-30-34-16-7-3-8-17-34/h3-26,28-29,44,46-47H,2,27,30-33H2,1H3/t46-,47-/m0/s1. The van der Waals surface area contributed by atoms with Crippen molar-refractivity contribution in [3.63, 3.8) is 0 Å². The van der Waals surface area contributed by atoms with Gasteiger partial charge in [-0.05, 0) is 51.4 Å². The smallest absolute Gasteiger partial charge is 0.212 e. The van der Waals surface area contributed by atoms with Crippen molar-refractivity contribution in [2.45, 2.75) is 65.1 Å². The lowest BCUT2D eigenvalue weighted by molar-refractivity contribution is -0.200. The van der Waals surface area contributed by atoms with Crippen LogP contribution >= 0.6 is 0 Å². The molecule has 0 aliphatic carbocycles. The molecule has 0 spiro atoms. The van der Waals surface area contributed by atoms with Gasteiger partial charge in [0.15, 0.2) is 6.29 Å². The first-order valence-electron chi connectivity index (χ1n) is 18.4. The lowest BCUT2D eigenvalue weighted by Gasteiger charge is -2.24. The van der Waals surface area contributed by atoms with Crippen LogP contribution in [0.3, 0.4) is 0 Å². The van der Waals surface area contributed by atoms with E-state index in [1.54, 1.807) is 6.07 Å². The minimum atomic E-state index is -0.780. The predicted octanol–water partition coefficient (Wildman–Crippen LogP) is 9.89. The first kappa shape index (κ1) is 36.8. The van der Waals surface area contributed by atoms with Crippen molar-refractivity contribution in [2.24, 2.45) is 0 Å². The van der Waals surface area contributed by atoms with Gasteiger partial charge in [0.1, 0.15) is 31.0 Å². The van der Waals surface area contributed by atoms with Gasteiger partial charge < -0.3 is 28.4 Å². The Balaban J connectivity index is 1.26. The average Bonchev–Trinajstić information content (AvgIpc) is 3.63. The molecule has 1 fully saturated rings. The fourth-order valence-corrected chi connectivity index (χ4v) is 6.60. The van der Waals surface area contributed by atoms with E-state index in [0.717, 1.165) is 50.8 Å². The Labute approximate surface area is 317 Å². The molecule has 7 nitrogen and oxygen atoms in total. The molecular weight excluding hydrogens is 677 g/mol. The molecule has 7 rings (SSSR count). The van der Waals surface area contributed by atoms with Gasteiger partial charge in [-0.2, -0.15) is 0 Å². The first-order valence-corrected chi connectivity index (χ1v) is 18.4. The summed E-state index contributed by atoms with van der Waals surface area (Å²) >= 11 is 0. The second kappa shape index (κ2) is 18.5. The number of carbonyl (C=O) groups is 1. The predicted molar refractivity (Wildman–Crippen MR) is 208 cm³/mol. The van der Waals surface area contributed by atoms with Crippen LogP contribution in [0.25, 0.3) is 11.1 Å². The number of aldehydes is 1. The zero-order chi connectivity index (χ0) is 37.0. The van der Waals surface area contributed by atoms with E-state index in [1.165, 1.54) is 0 Å². The number of rotatable bonds is 17. The minimum absolute atomic E-state index is 0.330. The van der Waals surface area contributed by atoms with Crippen LogP contribution in [0.15, 0.2) is 152 Å². The maximum atomic E-state index is 12.0. The molecule has 7 heteroatoms. The summed E-state index contributed by atoms with van der Waals surface area (Å²) in [5.74, 6) is 1.34. The zero-order valence-electron chi connectivity index (χ0n) is 30.3. The fraction of sp³-hybridized carbons (Fsp3) is 0.213. The Morgan fingerprint density at radius 2 is 1.02 bits per heavy atom. The van der Waals surface area contributed by atoms with Crippen molar-refractivity contribution in [1.82, 2.24) is 0 Å². The van der Waals surface area contributed by atoms with Crippen molar-refractivity contribution >= 4 is 6.29 Å². The molecule has 0 bridgehead atoms. The van der Waals surface area contributed by atoms with Crippen LogP contribution < -0.4 is 9.47 Å². The highest BCUT2D eigenvalue weighted by molar-refractivity contribution is 5.83. The molecule has 1 heterocycles. The summed E-state index contributed by atoms with van der Waals surface area (Å²) in [5.41, 5.74) is 8.28. The van der Waals surface area contributed by atoms with Crippen LogP contribution in [-0.2, 0) is 58.2 Å². The second-order valence-electron chi connectivity index (χ2n) is 13.1. The Kier molecular flexibility index (Phi) is 12.6. The van der Waals surface area contributed by atoms with Gasteiger partial charge in [-0.25, -0.2) is 0 Å². The van der Waals surface area contributed by atoms with Gasteiger partial charge in [0.05, 0.1) is 13.2 Å². The molecule has 0 amide bonds. The molecule has 54 heavy (non-hydrogen) atoms. The second-order valence-corrected chi connectivity index (χ2v) is 13.1. The van der Waals surface area contributed by atoms with E-state index >= 15 is 0 Å². The third kappa shape index (κ3) is 9.50. The number of carbonyl (C=O) groups excluding carboxylic acids is 1. The van der Waals surface area contributed by atoms with E-state index in [-0.39, 0.29) is 0 Å². The summed E-state index contributed by atoms with van der Waals surface area (Å²) < 4.78 is 39.0. The molecule has 0 radical (unpaired) electrons. The van der Waals surface area contributed by atoms with Crippen molar-refractivity contribution in [1.29, 1.82) is 0 Å². The van der Waals surface area contributed by atoms with Crippen molar-refractivity contribution in [2.75, 3.05) is 0 Å². The molecule has 6 aromatic carbocycles. The molecule has 0 saturated carbocycles. The summed E-state index contributed by atoms with van der Waals surface area (Å²) in [4.78, 5) is 12.0. The summed E-state index contributed by atoms with van der Waals surface area (Å²) in [6, 6.07) is 49.6. The van der Waals surface area contributed by atoms with Crippen LogP contribution in [0.5, 0.6) is 11.5 Å². The van der Waals surface area contributed by atoms with Crippen LogP contribution in [0.2, 0.25) is 0 Å². The SMILES string of the molecule is CCc1c(OCc2ccccc2)cc(OCc2ccccc2)c(-c2cccc(C=O)c2)c1CC1O[C@H](OCc2ccccc2)[C@@H](OCc2ccccc2)O1. The first-order chi connectivity index (χ1) is 26.7. The van der Waals surface area contributed by atoms with Gasteiger partial charge in [-0.3, -0.25) is 4.79 Å². The Hall–Kier alpha value is -5.57. The van der Waals surface area contributed by atoms with E-state index in [9.17, 15) is 4.79 Å². The maximum absolute atomic E-state index is 12.0. The van der Waals surface area contributed by atoms with Gasteiger partial charge in [0.2, 0.25) is 12.6 Å². The van der Waals surface area contributed by atoms with Crippen LogP contribution in [0, 0.1) is 0 Å². The summed E-state index contributed by atoms with van der Waals surface area (Å²) in [7, 11) is 0. The highest BCUT2D eigenvalue weighted by atomic mass is 16.9. The van der Waals surface area contributed by atoms with Crippen LogP contribution in [0.1, 0.15) is 50.7 Å². The normalized spacial score (nSPS) is 15.6. The van der Waals surface area contributed by atoms with Crippen molar-refractivity contribution < 1.29 is 33.2 Å². The van der Waals surface area contributed by atoms with Crippen molar-refractivity contribution in [3.05, 3.63) is 191 Å². The van der Waals surface area contributed by atoms with Gasteiger partial charge in [-0.15, -0.1) is 0 Å². The summed E-state index contributed by atoms with van der Waals surface area (Å²) in [6.07, 6.45) is -0.429. The monoisotopic (exact) mass is 720 g/mol. The molecule has 1 saturated heterocycles. The Bertz CT molecular complexity index is 2020. The number of hydrogen-bond acceptors (Lipinski definition) is 7. The molecule has 2 atom stereocenters. The van der Waals surface area contributed by atoms with Gasteiger partial charge in [-0.1, -0.05) is 146 Å². The quantitative estimate of drug-likeness (QED) is 0.0869. The Morgan fingerprint density at radius 3 is 1.50 bits per heavy atom. The molecule has 6 aromatic rings. The molecule has 1 aliphatic rings. The highest BCUT2D eigenvalue weighted by Crippen LogP contribution is 2.43. The number of benzene rings is 6. The third-order valence-corrected chi connectivity index (χ3v) is 9.29. The number of ether oxygens (including phenoxy) is 6. The molecule has 0 unspecified atom stereocenters. The Morgan fingerprint density at radius 1 is 0.537 bits per heavy atom. The van der Waals surface area contributed by atoms with E-state index in [2.05, 4.69) is 6.92 Å². The largest absolute Gasteiger partial charge is 0.488 e. The summed E-state index contributed by atoms with van der Waals surface area (Å²) in [6.45, 7) is 3.49. The maximum Gasteiger partial charge on any atom is 0.212 e. The molecule has 274 valence electrons. The molecule has 0 aromatic heterocycles. The van der Waals surface area contributed by atoms with Gasteiger partial charge in [0.25, 0.3) is 0 Å². The van der Waals surface area contributed by atoms with E-state index < -0.39 is 18.9 Å². The highest BCUT2D eigenvalue weighted by Gasteiger charge is 2.39. The lowest BCUT2D eigenvalue weighted by atomic mass is 9.89. The third-order valence-electron chi connectivity index (χ3n) is 9.29. The average molecular weight is 721 g/mol. The van der Waals surface area contributed by atoms with Gasteiger partial charge in [0, 0.05) is 23.6 Å². The van der Waals surface area contributed by atoms with E-state index in [1.807, 2.05) is 146 Å². The van der Waals surface area contributed by atoms with E-state index in [0.29, 0.717) is 56.3 Å². The molecule has 0 N–H and O–H groups in total. The molecule has 1 aliphatic heterocycles. The lowest BCUT2D eigenvalue weighted by Crippen LogP contribution is -2.28. The van der Waals surface area contributed by atoms with Crippen molar-refractivity contribution in [3.8, 4) is 22.6 Å². The van der Waals surface area contributed by atoms with E-state index in [4.69, 9.17) is 28.4 Å². The zero-order valence-corrected chi connectivity index (χ0v) is 30.3. The summed E-state index contributed by atoms with van der Waals surface area (Å²) in [5, 5.41) is 0.